The molecule has 0 amide bonds. The molecule has 0 aliphatic rings. The third-order valence-electron chi connectivity index (χ3n) is 3.30. The molecule has 1 aromatic heterocycles. The molecule has 0 saturated heterocycles. The fourth-order valence-electron chi connectivity index (χ4n) is 2.26. The minimum Gasteiger partial charge on any atom is -0.508 e. The van der Waals surface area contributed by atoms with Gasteiger partial charge in [0.25, 0.3) is 0 Å². The average Bonchev–Trinajstić information content (AvgIpc) is 2.86. The van der Waals surface area contributed by atoms with Crippen molar-refractivity contribution in [2.75, 3.05) is 7.11 Å². The van der Waals surface area contributed by atoms with E-state index in [1.807, 2.05) is 30.3 Å². The lowest BCUT2D eigenvalue weighted by atomic mass is 10.0. The SMILES string of the molecule is COc1cc(O)c(Cc2coc3ccccc23)cc1Br. The van der Waals surface area contributed by atoms with Crippen molar-refractivity contribution < 1.29 is 14.3 Å². The van der Waals surface area contributed by atoms with Crippen molar-refractivity contribution in [3.63, 3.8) is 0 Å². The van der Waals surface area contributed by atoms with Gasteiger partial charge in [0.1, 0.15) is 17.1 Å². The molecule has 0 spiro atoms. The Morgan fingerprint density at radius 3 is 2.80 bits per heavy atom. The molecule has 0 atom stereocenters. The maximum Gasteiger partial charge on any atom is 0.136 e. The van der Waals surface area contributed by atoms with E-state index in [-0.39, 0.29) is 5.75 Å². The third kappa shape index (κ3) is 2.27. The number of phenolic OH excluding ortho intramolecular Hbond substituents is 1. The van der Waals surface area contributed by atoms with Crippen LogP contribution in [0.2, 0.25) is 0 Å². The lowest BCUT2D eigenvalue weighted by Gasteiger charge is -2.08. The van der Waals surface area contributed by atoms with Crippen LogP contribution < -0.4 is 4.74 Å². The number of hydrogen-bond donors (Lipinski definition) is 1. The van der Waals surface area contributed by atoms with E-state index in [0.29, 0.717) is 12.2 Å². The number of aromatic hydroxyl groups is 1. The number of fused-ring (bicyclic) bond motifs is 1. The van der Waals surface area contributed by atoms with Gasteiger partial charge in [0, 0.05) is 23.4 Å². The normalized spacial score (nSPS) is 10.9. The Bertz CT molecular complexity index is 762. The van der Waals surface area contributed by atoms with Crippen molar-refractivity contribution in [3.8, 4) is 11.5 Å². The minimum absolute atomic E-state index is 0.218. The first-order valence-electron chi connectivity index (χ1n) is 6.19. The zero-order chi connectivity index (χ0) is 14.1. The summed E-state index contributed by atoms with van der Waals surface area (Å²) in [6.45, 7) is 0. The molecule has 1 heterocycles. The number of hydrogen-bond acceptors (Lipinski definition) is 3. The minimum atomic E-state index is 0.218. The molecule has 3 rings (SSSR count). The average molecular weight is 333 g/mol. The molecule has 3 nitrogen and oxygen atoms in total. The largest absolute Gasteiger partial charge is 0.508 e. The van der Waals surface area contributed by atoms with E-state index < -0.39 is 0 Å². The number of para-hydroxylation sites is 1. The van der Waals surface area contributed by atoms with E-state index in [9.17, 15) is 5.11 Å². The molecule has 0 aliphatic heterocycles. The molecular weight excluding hydrogens is 320 g/mol. The van der Waals surface area contributed by atoms with Crippen LogP contribution in [0.3, 0.4) is 0 Å². The Kier molecular flexibility index (Phi) is 3.40. The summed E-state index contributed by atoms with van der Waals surface area (Å²) in [6, 6.07) is 11.4. The monoisotopic (exact) mass is 332 g/mol. The first kappa shape index (κ1) is 13.1. The van der Waals surface area contributed by atoms with Gasteiger partial charge in [-0.1, -0.05) is 18.2 Å². The van der Waals surface area contributed by atoms with Crippen LogP contribution in [0.4, 0.5) is 0 Å². The number of benzene rings is 2. The van der Waals surface area contributed by atoms with Gasteiger partial charge >= 0.3 is 0 Å². The first-order chi connectivity index (χ1) is 9.69. The number of rotatable bonds is 3. The highest BCUT2D eigenvalue weighted by Gasteiger charge is 2.12. The maximum absolute atomic E-state index is 10.1. The quantitative estimate of drug-likeness (QED) is 0.767. The summed E-state index contributed by atoms with van der Waals surface area (Å²) in [4.78, 5) is 0. The van der Waals surface area contributed by atoms with Gasteiger partial charge in [-0.2, -0.15) is 0 Å². The Hall–Kier alpha value is -1.94. The highest BCUT2D eigenvalue weighted by Crippen LogP contribution is 2.34. The molecule has 0 saturated carbocycles. The van der Waals surface area contributed by atoms with Gasteiger partial charge < -0.3 is 14.3 Å². The predicted molar refractivity (Wildman–Crippen MR) is 81.4 cm³/mol. The van der Waals surface area contributed by atoms with Gasteiger partial charge in [-0.05, 0) is 33.6 Å². The van der Waals surface area contributed by atoms with Crippen LogP contribution in [0.25, 0.3) is 11.0 Å². The fraction of sp³-hybridized carbons (Fsp3) is 0.125. The molecule has 2 aromatic carbocycles. The number of ether oxygens (including phenoxy) is 1. The Morgan fingerprint density at radius 1 is 1.20 bits per heavy atom. The van der Waals surface area contributed by atoms with Gasteiger partial charge in [-0.15, -0.1) is 0 Å². The van der Waals surface area contributed by atoms with E-state index >= 15 is 0 Å². The molecule has 102 valence electrons. The summed E-state index contributed by atoms with van der Waals surface area (Å²) < 4.78 is 11.5. The van der Waals surface area contributed by atoms with E-state index in [1.54, 1.807) is 19.4 Å². The molecule has 1 N–H and O–H groups in total. The zero-order valence-corrected chi connectivity index (χ0v) is 12.5. The number of methoxy groups -OCH3 is 1. The van der Waals surface area contributed by atoms with Crippen LogP contribution in [0.1, 0.15) is 11.1 Å². The number of furan rings is 1. The molecular formula is C16H13BrO3. The van der Waals surface area contributed by atoms with Crippen LogP contribution in [-0.2, 0) is 6.42 Å². The lowest BCUT2D eigenvalue weighted by molar-refractivity contribution is 0.404. The second-order valence-corrected chi connectivity index (χ2v) is 5.40. The molecule has 0 fully saturated rings. The van der Waals surface area contributed by atoms with E-state index in [0.717, 1.165) is 26.6 Å². The van der Waals surface area contributed by atoms with E-state index in [1.165, 1.54) is 0 Å². The Labute approximate surface area is 124 Å². The van der Waals surface area contributed by atoms with Crippen molar-refractivity contribution in [2.45, 2.75) is 6.42 Å². The van der Waals surface area contributed by atoms with Gasteiger partial charge in [0.05, 0.1) is 17.8 Å². The van der Waals surface area contributed by atoms with Crippen LogP contribution in [0.5, 0.6) is 11.5 Å². The lowest BCUT2D eigenvalue weighted by Crippen LogP contribution is -1.91. The summed E-state index contributed by atoms with van der Waals surface area (Å²) in [6.07, 6.45) is 2.34. The van der Waals surface area contributed by atoms with Gasteiger partial charge in [0.15, 0.2) is 0 Å². The summed E-state index contributed by atoms with van der Waals surface area (Å²) >= 11 is 3.44. The molecule has 4 heteroatoms. The van der Waals surface area contributed by atoms with Gasteiger partial charge in [-0.3, -0.25) is 0 Å². The summed E-state index contributed by atoms with van der Waals surface area (Å²) in [5.74, 6) is 0.832. The summed E-state index contributed by atoms with van der Waals surface area (Å²) in [5.41, 5.74) is 2.73. The predicted octanol–water partition coefficient (Wildman–Crippen LogP) is 4.50. The Morgan fingerprint density at radius 2 is 2.00 bits per heavy atom. The zero-order valence-electron chi connectivity index (χ0n) is 10.9. The summed E-state index contributed by atoms with van der Waals surface area (Å²) in [7, 11) is 1.57. The van der Waals surface area contributed by atoms with Crippen molar-refractivity contribution in [1.82, 2.24) is 0 Å². The maximum atomic E-state index is 10.1. The molecule has 3 aromatic rings. The fourth-order valence-corrected chi connectivity index (χ4v) is 2.81. The van der Waals surface area contributed by atoms with Crippen LogP contribution in [0.15, 0.2) is 51.6 Å². The van der Waals surface area contributed by atoms with Crippen molar-refractivity contribution in [1.29, 1.82) is 0 Å². The standard InChI is InChI=1S/C16H13BrO3/c1-19-16-8-14(18)10(7-13(16)17)6-11-9-20-15-5-3-2-4-12(11)15/h2-5,7-9,18H,6H2,1H3. The van der Waals surface area contributed by atoms with Crippen LogP contribution in [0, 0.1) is 0 Å². The third-order valence-corrected chi connectivity index (χ3v) is 3.91. The van der Waals surface area contributed by atoms with Crippen molar-refractivity contribution in [2.24, 2.45) is 0 Å². The topological polar surface area (TPSA) is 42.6 Å². The van der Waals surface area contributed by atoms with E-state index in [4.69, 9.17) is 9.15 Å². The second kappa shape index (κ2) is 5.21. The molecule has 0 aliphatic carbocycles. The summed E-state index contributed by atoms with van der Waals surface area (Å²) in [5, 5.41) is 11.2. The second-order valence-electron chi connectivity index (χ2n) is 4.55. The smallest absolute Gasteiger partial charge is 0.136 e. The molecule has 0 radical (unpaired) electrons. The Balaban J connectivity index is 2.01. The van der Waals surface area contributed by atoms with Crippen LogP contribution in [-0.4, -0.2) is 12.2 Å². The van der Waals surface area contributed by atoms with Crippen molar-refractivity contribution in [3.05, 3.63) is 58.3 Å². The number of phenols is 1. The van der Waals surface area contributed by atoms with Crippen molar-refractivity contribution >= 4 is 26.9 Å². The molecule has 0 bridgehead atoms. The van der Waals surface area contributed by atoms with Gasteiger partial charge in [-0.25, -0.2) is 0 Å². The van der Waals surface area contributed by atoms with Gasteiger partial charge in [0.2, 0.25) is 0 Å². The first-order valence-corrected chi connectivity index (χ1v) is 6.99. The van der Waals surface area contributed by atoms with Crippen LogP contribution >= 0.6 is 15.9 Å². The molecule has 20 heavy (non-hydrogen) atoms. The number of halogens is 1. The van der Waals surface area contributed by atoms with E-state index in [2.05, 4.69) is 15.9 Å². The molecule has 0 unspecified atom stereocenters. The highest BCUT2D eigenvalue weighted by atomic mass is 79.9. The highest BCUT2D eigenvalue weighted by molar-refractivity contribution is 9.10.